The van der Waals surface area contributed by atoms with Gasteiger partial charge in [-0.25, -0.2) is 0 Å². The summed E-state index contributed by atoms with van der Waals surface area (Å²) in [4.78, 5) is 35.3. The molecule has 2 N–H and O–H groups in total. The first-order valence-electron chi connectivity index (χ1n) is 6.77. The number of hydrogen-bond donors (Lipinski definition) is 1. The van der Waals surface area contributed by atoms with Crippen molar-refractivity contribution < 1.29 is 14.4 Å². The molecule has 1 fully saturated rings. The number of amides is 3. The molecule has 2 bridgehead atoms. The van der Waals surface area contributed by atoms with Gasteiger partial charge in [0.1, 0.15) is 0 Å². The van der Waals surface area contributed by atoms with Gasteiger partial charge in [-0.1, -0.05) is 19.1 Å². The zero-order valence-electron chi connectivity index (χ0n) is 11.1. The van der Waals surface area contributed by atoms with E-state index in [1.165, 1.54) is 4.90 Å². The Bertz CT molecular complexity index is 419. The second-order valence-corrected chi connectivity index (χ2v) is 5.54. The maximum Gasteiger partial charge on any atom is 0.232 e. The van der Waals surface area contributed by atoms with Gasteiger partial charge >= 0.3 is 0 Å². The molecule has 0 aromatic heterocycles. The van der Waals surface area contributed by atoms with Crippen molar-refractivity contribution in [2.75, 3.05) is 6.54 Å². The fourth-order valence-electron chi connectivity index (χ4n) is 3.31. The van der Waals surface area contributed by atoms with Crippen molar-refractivity contribution in [3.8, 4) is 0 Å². The van der Waals surface area contributed by atoms with Crippen LogP contribution in [0.25, 0.3) is 0 Å². The van der Waals surface area contributed by atoms with Gasteiger partial charge in [0.05, 0.1) is 0 Å². The fraction of sp³-hybridized carbons (Fsp3) is 0.643. The van der Waals surface area contributed by atoms with Crippen LogP contribution in [0.1, 0.15) is 26.2 Å². The Morgan fingerprint density at radius 3 is 2.58 bits per heavy atom. The van der Waals surface area contributed by atoms with Crippen LogP contribution in [-0.2, 0) is 14.4 Å². The molecule has 0 aliphatic heterocycles. The molecule has 2 aliphatic carbocycles. The average molecular weight is 264 g/mol. The topological polar surface area (TPSA) is 80.5 Å². The van der Waals surface area contributed by atoms with Gasteiger partial charge in [0.15, 0.2) is 0 Å². The number of carbonyl (C=O) groups excluding carboxylic acids is 3. The van der Waals surface area contributed by atoms with Gasteiger partial charge in [0, 0.05) is 18.9 Å². The Morgan fingerprint density at radius 1 is 1.37 bits per heavy atom. The number of imide groups is 1. The number of primary amides is 1. The van der Waals surface area contributed by atoms with Crippen LogP contribution in [-0.4, -0.2) is 29.7 Å². The van der Waals surface area contributed by atoms with E-state index in [2.05, 4.69) is 19.1 Å². The minimum absolute atomic E-state index is 0.0891. The molecule has 5 heteroatoms. The molecule has 0 heterocycles. The van der Waals surface area contributed by atoms with Crippen molar-refractivity contribution >= 4 is 18.2 Å². The van der Waals surface area contributed by atoms with Crippen molar-refractivity contribution in [1.29, 1.82) is 0 Å². The Morgan fingerprint density at radius 2 is 2.05 bits per heavy atom. The SMILES string of the molecule is CC1C2C=CC(C2)C1C(=O)N(C=O)CCCC(N)=O. The van der Waals surface area contributed by atoms with E-state index in [1.54, 1.807) is 0 Å². The van der Waals surface area contributed by atoms with Gasteiger partial charge in [-0.3, -0.25) is 19.3 Å². The molecular weight excluding hydrogens is 244 g/mol. The molecule has 3 amide bonds. The summed E-state index contributed by atoms with van der Waals surface area (Å²) in [5.41, 5.74) is 5.05. The summed E-state index contributed by atoms with van der Waals surface area (Å²) in [6.45, 7) is 2.35. The zero-order chi connectivity index (χ0) is 14.0. The van der Waals surface area contributed by atoms with Crippen molar-refractivity contribution in [2.45, 2.75) is 26.2 Å². The standard InChI is InChI=1S/C14H20N2O3/c1-9-10-4-5-11(7-10)13(9)14(19)16(8-17)6-2-3-12(15)18/h4-5,8-11,13H,2-3,6-7H2,1H3,(H2,15,18). The summed E-state index contributed by atoms with van der Waals surface area (Å²) >= 11 is 0. The molecule has 2 rings (SSSR count). The molecule has 0 radical (unpaired) electrons. The van der Waals surface area contributed by atoms with E-state index in [0.717, 1.165) is 6.42 Å². The summed E-state index contributed by atoms with van der Waals surface area (Å²) in [7, 11) is 0. The molecule has 0 aromatic carbocycles. The van der Waals surface area contributed by atoms with Gasteiger partial charge in [0.2, 0.25) is 18.2 Å². The molecule has 1 saturated carbocycles. The number of hydrogen-bond acceptors (Lipinski definition) is 3. The summed E-state index contributed by atoms with van der Waals surface area (Å²) in [6.07, 6.45) is 6.50. The van der Waals surface area contributed by atoms with E-state index < -0.39 is 5.91 Å². The number of fused-ring (bicyclic) bond motifs is 2. The van der Waals surface area contributed by atoms with Crippen LogP contribution < -0.4 is 5.73 Å². The second-order valence-electron chi connectivity index (χ2n) is 5.54. The van der Waals surface area contributed by atoms with E-state index in [-0.39, 0.29) is 30.7 Å². The Hall–Kier alpha value is -1.65. The highest BCUT2D eigenvalue weighted by Crippen LogP contribution is 2.48. The highest BCUT2D eigenvalue weighted by atomic mass is 16.2. The zero-order valence-corrected chi connectivity index (χ0v) is 11.1. The van der Waals surface area contributed by atoms with Gasteiger partial charge < -0.3 is 5.73 Å². The number of allylic oxidation sites excluding steroid dienone is 2. The molecule has 4 unspecified atom stereocenters. The molecule has 19 heavy (non-hydrogen) atoms. The van der Waals surface area contributed by atoms with Crippen molar-refractivity contribution in [3.63, 3.8) is 0 Å². The van der Waals surface area contributed by atoms with Crippen LogP contribution in [0, 0.1) is 23.7 Å². The first kappa shape index (κ1) is 13.8. The molecule has 4 atom stereocenters. The van der Waals surface area contributed by atoms with Crippen molar-refractivity contribution in [3.05, 3.63) is 12.2 Å². The van der Waals surface area contributed by atoms with Crippen LogP contribution in [0.15, 0.2) is 12.2 Å². The third-order valence-corrected chi connectivity index (χ3v) is 4.37. The highest BCUT2D eigenvalue weighted by molar-refractivity contribution is 5.89. The summed E-state index contributed by atoms with van der Waals surface area (Å²) < 4.78 is 0. The minimum atomic E-state index is -0.408. The van der Waals surface area contributed by atoms with Gasteiger partial charge in [-0.15, -0.1) is 0 Å². The molecule has 0 aromatic rings. The lowest BCUT2D eigenvalue weighted by atomic mass is 9.83. The third kappa shape index (κ3) is 2.69. The lowest BCUT2D eigenvalue weighted by molar-refractivity contribution is -0.143. The lowest BCUT2D eigenvalue weighted by Crippen LogP contribution is -2.40. The number of carbonyl (C=O) groups is 3. The summed E-state index contributed by atoms with van der Waals surface area (Å²) in [5.74, 6) is 0.428. The van der Waals surface area contributed by atoms with Crippen LogP contribution in [0.5, 0.6) is 0 Å². The van der Waals surface area contributed by atoms with E-state index in [1.807, 2.05) is 0 Å². The van der Waals surface area contributed by atoms with Crippen LogP contribution in [0.4, 0.5) is 0 Å². The normalized spacial score (nSPS) is 31.4. The number of rotatable bonds is 6. The summed E-state index contributed by atoms with van der Waals surface area (Å²) in [5, 5.41) is 0. The monoisotopic (exact) mass is 264 g/mol. The highest BCUT2D eigenvalue weighted by Gasteiger charge is 2.46. The maximum absolute atomic E-state index is 12.4. The second kappa shape index (κ2) is 5.55. The molecule has 0 spiro atoms. The molecule has 5 nitrogen and oxygen atoms in total. The Labute approximate surface area is 112 Å². The van der Waals surface area contributed by atoms with Crippen LogP contribution in [0.3, 0.4) is 0 Å². The smallest absolute Gasteiger partial charge is 0.232 e. The van der Waals surface area contributed by atoms with Gasteiger partial charge in [-0.05, 0) is 30.6 Å². The quantitative estimate of drug-likeness (QED) is 0.566. The average Bonchev–Trinajstić information content (AvgIpc) is 2.94. The third-order valence-electron chi connectivity index (χ3n) is 4.37. The largest absolute Gasteiger partial charge is 0.370 e. The molecule has 0 saturated heterocycles. The summed E-state index contributed by atoms with van der Waals surface area (Å²) in [6, 6.07) is 0. The predicted octanol–water partition coefficient (Wildman–Crippen LogP) is 0.695. The van der Waals surface area contributed by atoms with Crippen LogP contribution >= 0.6 is 0 Å². The van der Waals surface area contributed by atoms with Crippen LogP contribution in [0.2, 0.25) is 0 Å². The molecule has 2 aliphatic rings. The van der Waals surface area contributed by atoms with Gasteiger partial charge in [0.25, 0.3) is 0 Å². The maximum atomic E-state index is 12.4. The molecule has 104 valence electrons. The Balaban J connectivity index is 1.95. The van der Waals surface area contributed by atoms with Crippen molar-refractivity contribution in [2.24, 2.45) is 29.4 Å². The number of nitrogens with two attached hydrogens (primary N) is 1. The van der Waals surface area contributed by atoms with Gasteiger partial charge in [-0.2, -0.15) is 0 Å². The Kier molecular flexibility index (Phi) is 4.02. The lowest BCUT2D eigenvalue weighted by Gasteiger charge is -2.27. The first-order chi connectivity index (χ1) is 9.04. The predicted molar refractivity (Wildman–Crippen MR) is 69.6 cm³/mol. The number of nitrogens with zero attached hydrogens (tertiary/aromatic N) is 1. The molecular formula is C14H20N2O3. The fourth-order valence-corrected chi connectivity index (χ4v) is 3.31. The van der Waals surface area contributed by atoms with Crippen molar-refractivity contribution in [1.82, 2.24) is 4.90 Å². The van der Waals surface area contributed by atoms with E-state index in [4.69, 9.17) is 5.73 Å². The van der Waals surface area contributed by atoms with E-state index in [9.17, 15) is 14.4 Å². The first-order valence-corrected chi connectivity index (χ1v) is 6.77. The minimum Gasteiger partial charge on any atom is -0.370 e. The van der Waals surface area contributed by atoms with E-state index >= 15 is 0 Å². The van der Waals surface area contributed by atoms with E-state index in [0.29, 0.717) is 24.7 Å².